The Morgan fingerprint density at radius 1 is 1.38 bits per heavy atom. The number of nitrogens with one attached hydrogen (secondary N) is 2. The lowest BCUT2D eigenvalue weighted by Gasteiger charge is -1.98. The van der Waals surface area contributed by atoms with E-state index in [-0.39, 0.29) is 0 Å². The van der Waals surface area contributed by atoms with E-state index in [4.69, 9.17) is 5.73 Å². The molecule has 1 saturated carbocycles. The Morgan fingerprint density at radius 2 is 2.25 bits per heavy atom. The standard InChI is InChI=1S/C13H17N3/c14-7-9-2-1-3-13-12(9)6-11(16-13)8-15-10-4-5-10/h1-3,6,10,15-16H,4-5,7-8,14H2. The van der Waals surface area contributed by atoms with Gasteiger partial charge in [-0.05, 0) is 30.5 Å². The van der Waals surface area contributed by atoms with Crippen molar-refractivity contribution in [3.8, 4) is 0 Å². The average Bonchev–Trinajstić information content (AvgIpc) is 3.04. The summed E-state index contributed by atoms with van der Waals surface area (Å²) in [5, 5.41) is 4.77. The molecule has 0 amide bonds. The molecule has 4 N–H and O–H groups in total. The molecule has 1 fully saturated rings. The SMILES string of the molecule is NCc1cccc2[nH]c(CNC3CC3)cc12. The summed E-state index contributed by atoms with van der Waals surface area (Å²) in [6, 6.07) is 9.22. The molecular formula is C13H17N3. The first kappa shape index (κ1) is 9.87. The van der Waals surface area contributed by atoms with E-state index < -0.39 is 0 Å². The largest absolute Gasteiger partial charge is 0.357 e. The van der Waals surface area contributed by atoms with Crippen LogP contribution in [0.2, 0.25) is 0 Å². The quantitative estimate of drug-likeness (QED) is 0.729. The van der Waals surface area contributed by atoms with Gasteiger partial charge in [0.25, 0.3) is 0 Å². The number of aromatic nitrogens is 1. The van der Waals surface area contributed by atoms with E-state index in [1.807, 2.05) is 0 Å². The van der Waals surface area contributed by atoms with Crippen molar-refractivity contribution in [3.63, 3.8) is 0 Å². The molecule has 0 atom stereocenters. The van der Waals surface area contributed by atoms with Crippen molar-refractivity contribution < 1.29 is 0 Å². The molecule has 1 aromatic heterocycles. The Kier molecular flexibility index (Phi) is 2.42. The number of aromatic amines is 1. The number of H-pyrrole nitrogens is 1. The van der Waals surface area contributed by atoms with Crippen LogP contribution in [0.15, 0.2) is 24.3 Å². The molecule has 16 heavy (non-hydrogen) atoms. The first-order valence-corrected chi connectivity index (χ1v) is 5.90. The zero-order valence-electron chi connectivity index (χ0n) is 9.29. The smallest absolute Gasteiger partial charge is 0.0459 e. The summed E-state index contributed by atoms with van der Waals surface area (Å²) in [5.74, 6) is 0. The van der Waals surface area contributed by atoms with Gasteiger partial charge in [0.15, 0.2) is 0 Å². The molecule has 3 nitrogen and oxygen atoms in total. The van der Waals surface area contributed by atoms with E-state index in [9.17, 15) is 0 Å². The van der Waals surface area contributed by atoms with Gasteiger partial charge in [0, 0.05) is 35.7 Å². The first-order chi connectivity index (χ1) is 7.86. The van der Waals surface area contributed by atoms with Gasteiger partial charge in [-0.3, -0.25) is 0 Å². The van der Waals surface area contributed by atoms with Gasteiger partial charge < -0.3 is 16.0 Å². The van der Waals surface area contributed by atoms with E-state index in [0.29, 0.717) is 6.54 Å². The van der Waals surface area contributed by atoms with E-state index in [1.165, 1.54) is 35.0 Å². The second kappa shape index (κ2) is 3.92. The van der Waals surface area contributed by atoms with Gasteiger partial charge in [-0.15, -0.1) is 0 Å². The predicted octanol–water partition coefficient (Wildman–Crippen LogP) is 1.88. The summed E-state index contributed by atoms with van der Waals surface area (Å²) >= 11 is 0. The van der Waals surface area contributed by atoms with Gasteiger partial charge in [-0.25, -0.2) is 0 Å². The second-order valence-corrected chi connectivity index (χ2v) is 4.53. The highest BCUT2D eigenvalue weighted by Crippen LogP contribution is 2.22. The van der Waals surface area contributed by atoms with Gasteiger partial charge in [-0.1, -0.05) is 12.1 Å². The molecule has 84 valence electrons. The van der Waals surface area contributed by atoms with Crippen molar-refractivity contribution in [2.24, 2.45) is 5.73 Å². The van der Waals surface area contributed by atoms with Gasteiger partial charge in [0.2, 0.25) is 0 Å². The predicted molar refractivity (Wildman–Crippen MR) is 66.1 cm³/mol. The zero-order valence-corrected chi connectivity index (χ0v) is 9.29. The van der Waals surface area contributed by atoms with Gasteiger partial charge in [0.05, 0.1) is 0 Å². The summed E-state index contributed by atoms with van der Waals surface area (Å²) < 4.78 is 0. The third-order valence-electron chi connectivity index (χ3n) is 3.19. The number of benzene rings is 1. The minimum absolute atomic E-state index is 0.602. The Bertz CT molecular complexity index is 497. The summed E-state index contributed by atoms with van der Waals surface area (Å²) in [4.78, 5) is 3.44. The fourth-order valence-corrected chi connectivity index (χ4v) is 2.09. The Hall–Kier alpha value is -1.32. The van der Waals surface area contributed by atoms with Crippen LogP contribution in [-0.2, 0) is 13.1 Å². The van der Waals surface area contributed by atoms with Crippen LogP contribution in [0.1, 0.15) is 24.1 Å². The summed E-state index contributed by atoms with van der Waals surface area (Å²) in [6.45, 7) is 1.54. The fraction of sp³-hybridized carbons (Fsp3) is 0.385. The monoisotopic (exact) mass is 215 g/mol. The molecule has 2 aromatic rings. The number of rotatable bonds is 4. The molecule has 0 radical (unpaired) electrons. The number of hydrogen-bond donors (Lipinski definition) is 3. The maximum atomic E-state index is 5.73. The Morgan fingerprint density at radius 3 is 3.00 bits per heavy atom. The molecule has 1 heterocycles. The van der Waals surface area contributed by atoms with E-state index in [1.54, 1.807) is 0 Å². The van der Waals surface area contributed by atoms with Crippen molar-refractivity contribution in [1.82, 2.24) is 10.3 Å². The van der Waals surface area contributed by atoms with E-state index in [0.717, 1.165) is 12.6 Å². The first-order valence-electron chi connectivity index (χ1n) is 5.90. The lowest BCUT2D eigenvalue weighted by atomic mass is 10.1. The van der Waals surface area contributed by atoms with Crippen LogP contribution in [0.25, 0.3) is 10.9 Å². The molecule has 0 spiro atoms. The molecule has 0 aliphatic heterocycles. The number of fused-ring (bicyclic) bond motifs is 1. The van der Waals surface area contributed by atoms with E-state index in [2.05, 4.69) is 34.6 Å². The maximum absolute atomic E-state index is 5.73. The molecule has 1 aliphatic rings. The molecule has 1 aromatic carbocycles. The molecule has 0 saturated heterocycles. The minimum Gasteiger partial charge on any atom is -0.357 e. The Balaban J connectivity index is 1.88. The minimum atomic E-state index is 0.602. The van der Waals surface area contributed by atoms with Crippen LogP contribution < -0.4 is 11.1 Å². The van der Waals surface area contributed by atoms with Gasteiger partial charge >= 0.3 is 0 Å². The average molecular weight is 215 g/mol. The van der Waals surface area contributed by atoms with Crippen LogP contribution >= 0.6 is 0 Å². The number of nitrogens with two attached hydrogens (primary N) is 1. The van der Waals surface area contributed by atoms with Crippen LogP contribution in [0.5, 0.6) is 0 Å². The van der Waals surface area contributed by atoms with Crippen LogP contribution in [-0.4, -0.2) is 11.0 Å². The summed E-state index contributed by atoms with van der Waals surface area (Å²) in [6.07, 6.45) is 2.66. The van der Waals surface area contributed by atoms with Crippen molar-refractivity contribution in [2.45, 2.75) is 32.0 Å². The normalized spacial score (nSPS) is 15.8. The van der Waals surface area contributed by atoms with Crippen molar-refractivity contribution >= 4 is 10.9 Å². The van der Waals surface area contributed by atoms with Gasteiger partial charge in [0.1, 0.15) is 0 Å². The van der Waals surface area contributed by atoms with Gasteiger partial charge in [-0.2, -0.15) is 0 Å². The van der Waals surface area contributed by atoms with Crippen LogP contribution in [0.3, 0.4) is 0 Å². The molecule has 3 rings (SSSR count). The highest BCUT2D eigenvalue weighted by Gasteiger charge is 2.20. The lowest BCUT2D eigenvalue weighted by molar-refractivity contribution is 0.678. The molecule has 0 unspecified atom stereocenters. The van der Waals surface area contributed by atoms with Crippen LogP contribution in [0.4, 0.5) is 0 Å². The van der Waals surface area contributed by atoms with Crippen LogP contribution in [0, 0.1) is 0 Å². The third kappa shape index (κ3) is 1.84. The summed E-state index contributed by atoms with van der Waals surface area (Å²) in [5.41, 5.74) is 9.39. The molecule has 1 aliphatic carbocycles. The summed E-state index contributed by atoms with van der Waals surface area (Å²) in [7, 11) is 0. The van der Waals surface area contributed by atoms with E-state index >= 15 is 0 Å². The zero-order chi connectivity index (χ0) is 11.0. The molecule has 0 bridgehead atoms. The Labute approximate surface area is 95.0 Å². The van der Waals surface area contributed by atoms with Crippen molar-refractivity contribution in [1.29, 1.82) is 0 Å². The fourth-order valence-electron chi connectivity index (χ4n) is 2.09. The highest BCUT2D eigenvalue weighted by atomic mass is 15.0. The molecular weight excluding hydrogens is 198 g/mol. The maximum Gasteiger partial charge on any atom is 0.0459 e. The third-order valence-corrected chi connectivity index (χ3v) is 3.19. The second-order valence-electron chi connectivity index (χ2n) is 4.53. The topological polar surface area (TPSA) is 53.8 Å². The highest BCUT2D eigenvalue weighted by molar-refractivity contribution is 5.83. The van der Waals surface area contributed by atoms with Crippen molar-refractivity contribution in [2.75, 3.05) is 0 Å². The lowest BCUT2D eigenvalue weighted by Crippen LogP contribution is -2.15. The molecule has 3 heteroatoms. The van der Waals surface area contributed by atoms with Crippen molar-refractivity contribution in [3.05, 3.63) is 35.5 Å². The number of hydrogen-bond acceptors (Lipinski definition) is 2.